The van der Waals surface area contributed by atoms with Crippen LogP contribution in [0.15, 0.2) is 0 Å². The van der Waals surface area contributed by atoms with E-state index >= 15 is 0 Å². The first-order chi connectivity index (χ1) is 8.34. The molecule has 0 aromatic heterocycles. The Kier molecular flexibility index (Phi) is 6.09. The van der Waals surface area contributed by atoms with E-state index in [9.17, 15) is 5.11 Å². The second kappa shape index (κ2) is 6.88. The van der Waals surface area contributed by atoms with E-state index in [1.165, 1.54) is 25.9 Å². The van der Waals surface area contributed by atoms with Crippen LogP contribution in [0.25, 0.3) is 0 Å². The van der Waals surface area contributed by atoms with Crippen molar-refractivity contribution in [2.24, 2.45) is 5.41 Å². The van der Waals surface area contributed by atoms with Crippen molar-refractivity contribution in [1.29, 1.82) is 0 Å². The molecule has 0 amide bonds. The fourth-order valence-corrected chi connectivity index (χ4v) is 2.74. The number of rotatable bonds is 6. The zero-order valence-corrected chi connectivity index (χ0v) is 12.9. The summed E-state index contributed by atoms with van der Waals surface area (Å²) in [6.45, 7) is 13.1. The minimum atomic E-state index is -0.203. The summed E-state index contributed by atoms with van der Waals surface area (Å²) < 4.78 is 0. The highest BCUT2D eigenvalue weighted by Gasteiger charge is 2.25. The van der Waals surface area contributed by atoms with Crippen molar-refractivity contribution < 1.29 is 5.11 Å². The van der Waals surface area contributed by atoms with Gasteiger partial charge < -0.3 is 10.0 Å². The summed E-state index contributed by atoms with van der Waals surface area (Å²) in [4.78, 5) is 4.96. The molecule has 1 saturated heterocycles. The molecular weight excluding hydrogens is 224 g/mol. The Hall–Kier alpha value is -0.120. The van der Waals surface area contributed by atoms with Gasteiger partial charge in [-0.05, 0) is 44.8 Å². The predicted molar refractivity (Wildman–Crippen MR) is 77.8 cm³/mol. The lowest BCUT2D eigenvalue weighted by atomic mass is 9.87. The molecule has 0 saturated carbocycles. The molecule has 3 nitrogen and oxygen atoms in total. The third-order valence-corrected chi connectivity index (χ3v) is 4.21. The largest absolute Gasteiger partial charge is 0.393 e. The van der Waals surface area contributed by atoms with Crippen LogP contribution in [0.2, 0.25) is 0 Å². The topological polar surface area (TPSA) is 26.7 Å². The maximum absolute atomic E-state index is 10.1. The summed E-state index contributed by atoms with van der Waals surface area (Å²) in [5.74, 6) is 0. The molecule has 0 aliphatic carbocycles. The molecule has 18 heavy (non-hydrogen) atoms. The van der Waals surface area contributed by atoms with Gasteiger partial charge in [0.05, 0.1) is 6.10 Å². The van der Waals surface area contributed by atoms with Crippen LogP contribution in [-0.2, 0) is 0 Å². The van der Waals surface area contributed by atoms with E-state index in [2.05, 4.69) is 44.5 Å². The van der Waals surface area contributed by atoms with Crippen molar-refractivity contribution in [1.82, 2.24) is 9.80 Å². The molecule has 2 atom stereocenters. The molecule has 3 heteroatoms. The fourth-order valence-electron chi connectivity index (χ4n) is 2.74. The van der Waals surface area contributed by atoms with E-state index in [4.69, 9.17) is 0 Å². The van der Waals surface area contributed by atoms with E-state index < -0.39 is 0 Å². The lowest BCUT2D eigenvalue weighted by molar-refractivity contribution is 0.0459. The first-order valence-electron chi connectivity index (χ1n) is 7.45. The summed E-state index contributed by atoms with van der Waals surface area (Å²) in [6, 6.07) is 0.728. The van der Waals surface area contributed by atoms with Crippen LogP contribution >= 0.6 is 0 Å². The monoisotopic (exact) mass is 256 g/mol. The van der Waals surface area contributed by atoms with E-state index in [1.54, 1.807) is 0 Å². The molecule has 0 radical (unpaired) electrons. The number of aliphatic hydroxyl groups excluding tert-OH is 1. The van der Waals surface area contributed by atoms with E-state index in [0.29, 0.717) is 0 Å². The van der Waals surface area contributed by atoms with Gasteiger partial charge >= 0.3 is 0 Å². The van der Waals surface area contributed by atoms with Crippen molar-refractivity contribution in [2.45, 2.75) is 59.1 Å². The average molecular weight is 256 g/mol. The van der Waals surface area contributed by atoms with Gasteiger partial charge in [-0.3, -0.25) is 4.90 Å². The Bertz CT molecular complexity index is 237. The number of hydrogen-bond acceptors (Lipinski definition) is 3. The van der Waals surface area contributed by atoms with Gasteiger partial charge in [-0.2, -0.15) is 0 Å². The van der Waals surface area contributed by atoms with Crippen molar-refractivity contribution in [3.8, 4) is 0 Å². The van der Waals surface area contributed by atoms with Gasteiger partial charge in [-0.1, -0.05) is 27.7 Å². The molecule has 0 spiro atoms. The molecule has 108 valence electrons. The van der Waals surface area contributed by atoms with Crippen molar-refractivity contribution in [2.75, 3.05) is 33.2 Å². The molecule has 1 N–H and O–H groups in total. The number of hydrogen-bond donors (Lipinski definition) is 1. The second-order valence-corrected chi connectivity index (χ2v) is 6.86. The number of likely N-dealkylation sites (tertiary alicyclic amines) is 1. The summed E-state index contributed by atoms with van der Waals surface area (Å²) in [6.07, 6.45) is 3.35. The van der Waals surface area contributed by atoms with Gasteiger partial charge in [0, 0.05) is 19.1 Å². The van der Waals surface area contributed by atoms with Crippen LogP contribution in [0.3, 0.4) is 0 Å². The predicted octanol–water partition coefficient (Wildman–Crippen LogP) is 2.20. The Morgan fingerprint density at radius 2 is 2.06 bits per heavy atom. The summed E-state index contributed by atoms with van der Waals surface area (Å²) in [5, 5.41) is 10.1. The fraction of sp³-hybridized carbons (Fsp3) is 1.00. The van der Waals surface area contributed by atoms with Gasteiger partial charge in [-0.15, -0.1) is 0 Å². The highest BCUT2D eigenvalue weighted by Crippen LogP contribution is 2.22. The van der Waals surface area contributed by atoms with E-state index in [1.807, 2.05) is 0 Å². The maximum Gasteiger partial charge on any atom is 0.0600 e. The van der Waals surface area contributed by atoms with Crippen molar-refractivity contribution >= 4 is 0 Å². The summed E-state index contributed by atoms with van der Waals surface area (Å²) in [5.41, 5.74) is 0.00362. The smallest absolute Gasteiger partial charge is 0.0600 e. The molecule has 0 aromatic carbocycles. The van der Waals surface area contributed by atoms with Crippen LogP contribution in [0.5, 0.6) is 0 Å². The zero-order valence-electron chi connectivity index (χ0n) is 12.9. The molecule has 1 aliphatic heterocycles. The standard InChI is InChI=1S/C15H32N2O/c1-6-17-10-7-8-13(17)12-16(5)11-9-14(18)15(2,3)4/h13-14,18H,6-12H2,1-5H3. The first-order valence-corrected chi connectivity index (χ1v) is 7.45. The summed E-state index contributed by atoms with van der Waals surface area (Å²) >= 11 is 0. The maximum atomic E-state index is 10.1. The lowest BCUT2D eigenvalue weighted by Crippen LogP contribution is -2.40. The lowest BCUT2D eigenvalue weighted by Gasteiger charge is -2.30. The quantitative estimate of drug-likeness (QED) is 0.789. The highest BCUT2D eigenvalue weighted by molar-refractivity contribution is 4.81. The second-order valence-electron chi connectivity index (χ2n) is 6.86. The van der Waals surface area contributed by atoms with Crippen molar-refractivity contribution in [3.63, 3.8) is 0 Å². The van der Waals surface area contributed by atoms with E-state index in [0.717, 1.165) is 25.6 Å². The molecule has 0 bridgehead atoms. The minimum absolute atomic E-state index is 0.00362. The molecule has 1 rings (SSSR count). The van der Waals surface area contributed by atoms with Crippen LogP contribution in [0.4, 0.5) is 0 Å². The Morgan fingerprint density at radius 3 is 2.61 bits per heavy atom. The van der Waals surface area contributed by atoms with E-state index in [-0.39, 0.29) is 11.5 Å². The third-order valence-electron chi connectivity index (χ3n) is 4.21. The van der Waals surface area contributed by atoms with Crippen molar-refractivity contribution in [3.05, 3.63) is 0 Å². The Balaban J connectivity index is 2.27. The molecule has 2 unspecified atom stereocenters. The Morgan fingerprint density at radius 1 is 1.39 bits per heavy atom. The first kappa shape index (κ1) is 15.9. The van der Waals surface area contributed by atoms with Crippen LogP contribution < -0.4 is 0 Å². The van der Waals surface area contributed by atoms with Gasteiger partial charge in [0.15, 0.2) is 0 Å². The number of likely N-dealkylation sites (N-methyl/N-ethyl adjacent to an activating group) is 2. The van der Waals surface area contributed by atoms with Gasteiger partial charge in [0.2, 0.25) is 0 Å². The van der Waals surface area contributed by atoms with Gasteiger partial charge in [0.25, 0.3) is 0 Å². The van der Waals surface area contributed by atoms with Crippen LogP contribution in [-0.4, -0.2) is 60.3 Å². The normalized spacial score (nSPS) is 23.8. The van der Waals surface area contributed by atoms with Gasteiger partial charge in [0.1, 0.15) is 0 Å². The molecule has 1 fully saturated rings. The average Bonchev–Trinajstić information content (AvgIpc) is 2.71. The number of nitrogens with zero attached hydrogens (tertiary/aromatic N) is 2. The third kappa shape index (κ3) is 4.87. The van der Waals surface area contributed by atoms with Gasteiger partial charge in [-0.25, -0.2) is 0 Å². The molecular formula is C15H32N2O. The summed E-state index contributed by atoms with van der Waals surface area (Å²) in [7, 11) is 2.18. The minimum Gasteiger partial charge on any atom is -0.393 e. The molecule has 0 aromatic rings. The highest BCUT2D eigenvalue weighted by atomic mass is 16.3. The zero-order chi connectivity index (χ0) is 13.8. The number of aliphatic hydroxyl groups is 1. The molecule has 1 aliphatic rings. The Labute approximate surface area is 113 Å². The van der Waals surface area contributed by atoms with Crippen LogP contribution in [0.1, 0.15) is 47.0 Å². The molecule has 1 heterocycles. The SMILES string of the molecule is CCN1CCCC1CN(C)CCC(O)C(C)(C)C. The van der Waals surface area contributed by atoms with Crippen LogP contribution in [0, 0.1) is 5.41 Å².